The monoisotopic (exact) mass is 162 g/mol. The summed E-state index contributed by atoms with van der Waals surface area (Å²) in [4.78, 5) is 0. The van der Waals surface area contributed by atoms with Crippen molar-refractivity contribution in [3.05, 3.63) is 23.8 Å². The lowest BCUT2D eigenvalue weighted by Crippen LogP contribution is -2.05. The number of hydrogen-bond donors (Lipinski definition) is 0. The van der Waals surface area contributed by atoms with Gasteiger partial charge in [-0.3, -0.25) is 0 Å². The van der Waals surface area contributed by atoms with E-state index in [-0.39, 0.29) is 0 Å². The van der Waals surface area contributed by atoms with Crippen LogP contribution < -0.4 is 0 Å². The maximum atomic E-state index is 2.47. The van der Waals surface area contributed by atoms with Gasteiger partial charge in [0.15, 0.2) is 0 Å². The molecule has 0 bridgehead atoms. The maximum absolute atomic E-state index is 2.47. The summed E-state index contributed by atoms with van der Waals surface area (Å²) in [5, 5.41) is 0. The van der Waals surface area contributed by atoms with Crippen molar-refractivity contribution in [1.29, 1.82) is 0 Å². The molecule has 2 rings (SSSR count). The molecule has 0 amide bonds. The van der Waals surface area contributed by atoms with E-state index in [1.165, 1.54) is 24.8 Å². The Bertz CT molecular complexity index is 222. The third-order valence-corrected chi connectivity index (χ3v) is 3.42. The number of hydrogen-bond acceptors (Lipinski definition) is 0. The van der Waals surface area contributed by atoms with E-state index in [2.05, 4.69) is 32.1 Å². The average Bonchev–Trinajstić information content (AvgIpc) is 2.46. The lowest BCUT2D eigenvalue weighted by Gasteiger charge is -2.16. The highest BCUT2D eigenvalue weighted by Gasteiger charge is 2.31. The molecule has 1 saturated carbocycles. The van der Waals surface area contributed by atoms with Crippen LogP contribution in [0.3, 0.4) is 0 Å². The van der Waals surface area contributed by atoms with E-state index in [0.29, 0.717) is 0 Å². The molecule has 0 heteroatoms. The quantitative estimate of drug-likeness (QED) is 0.553. The van der Waals surface area contributed by atoms with Crippen LogP contribution in [0.15, 0.2) is 23.8 Å². The predicted molar refractivity (Wildman–Crippen MR) is 52.9 cm³/mol. The van der Waals surface area contributed by atoms with Gasteiger partial charge in [-0.05, 0) is 37.5 Å². The molecule has 0 spiro atoms. The normalized spacial score (nSPS) is 39.5. The molecule has 12 heavy (non-hydrogen) atoms. The van der Waals surface area contributed by atoms with E-state index in [4.69, 9.17) is 0 Å². The number of allylic oxidation sites excluding steroid dienone is 4. The van der Waals surface area contributed by atoms with E-state index >= 15 is 0 Å². The molecule has 0 nitrogen and oxygen atoms in total. The Hall–Kier alpha value is -0.520. The minimum Gasteiger partial charge on any atom is -0.0806 e. The summed E-state index contributed by atoms with van der Waals surface area (Å²) in [5.41, 5.74) is 1.47. The molecule has 1 fully saturated rings. The first kappa shape index (κ1) is 8.10. The predicted octanol–water partition coefficient (Wildman–Crippen LogP) is 3.55. The van der Waals surface area contributed by atoms with Gasteiger partial charge in [-0.15, -0.1) is 0 Å². The molecule has 0 aromatic rings. The molecule has 2 aliphatic rings. The second-order valence-corrected chi connectivity index (χ2v) is 4.34. The first-order valence-corrected chi connectivity index (χ1v) is 5.16. The second kappa shape index (κ2) is 3.08. The van der Waals surface area contributed by atoms with Crippen LogP contribution in [-0.2, 0) is 0 Å². The number of fused-ring (bicyclic) bond motifs is 1. The van der Waals surface area contributed by atoms with Crippen molar-refractivity contribution in [1.82, 2.24) is 0 Å². The maximum Gasteiger partial charge on any atom is -0.0162 e. The van der Waals surface area contributed by atoms with Crippen molar-refractivity contribution in [2.75, 3.05) is 0 Å². The van der Waals surface area contributed by atoms with E-state index in [9.17, 15) is 0 Å². The van der Waals surface area contributed by atoms with Crippen molar-refractivity contribution in [3.8, 4) is 0 Å². The van der Waals surface area contributed by atoms with Gasteiger partial charge in [0.2, 0.25) is 0 Å². The van der Waals surface area contributed by atoms with Gasteiger partial charge in [0.05, 0.1) is 0 Å². The Morgan fingerprint density at radius 2 is 2.08 bits per heavy atom. The SMILES string of the molecule is CCC1CC2C=CC(C)=CC2C1. The van der Waals surface area contributed by atoms with Gasteiger partial charge < -0.3 is 0 Å². The first-order valence-electron chi connectivity index (χ1n) is 5.16. The molecule has 0 heterocycles. The van der Waals surface area contributed by atoms with Gasteiger partial charge in [-0.25, -0.2) is 0 Å². The number of rotatable bonds is 1. The zero-order chi connectivity index (χ0) is 8.55. The summed E-state index contributed by atoms with van der Waals surface area (Å²) < 4.78 is 0. The van der Waals surface area contributed by atoms with Crippen molar-refractivity contribution < 1.29 is 0 Å². The molecule has 0 saturated heterocycles. The van der Waals surface area contributed by atoms with Crippen molar-refractivity contribution in [2.24, 2.45) is 17.8 Å². The van der Waals surface area contributed by atoms with Gasteiger partial charge in [0.1, 0.15) is 0 Å². The lowest BCUT2D eigenvalue weighted by atomic mass is 9.89. The van der Waals surface area contributed by atoms with Crippen LogP contribution in [0.4, 0.5) is 0 Å². The largest absolute Gasteiger partial charge is 0.0806 e. The molecule has 0 aromatic heterocycles. The Labute approximate surface area is 75.4 Å². The summed E-state index contributed by atoms with van der Waals surface area (Å²) in [6, 6.07) is 0. The molecule has 0 N–H and O–H groups in total. The third-order valence-electron chi connectivity index (χ3n) is 3.42. The van der Waals surface area contributed by atoms with Crippen molar-refractivity contribution in [3.63, 3.8) is 0 Å². The van der Waals surface area contributed by atoms with Gasteiger partial charge >= 0.3 is 0 Å². The van der Waals surface area contributed by atoms with Gasteiger partial charge in [0, 0.05) is 0 Å². The Morgan fingerprint density at radius 1 is 1.33 bits per heavy atom. The van der Waals surface area contributed by atoms with Gasteiger partial charge in [0.25, 0.3) is 0 Å². The average molecular weight is 162 g/mol. The smallest absolute Gasteiger partial charge is 0.0162 e. The summed E-state index contributed by atoms with van der Waals surface area (Å²) in [6.07, 6.45) is 11.4. The molecule has 3 atom stereocenters. The zero-order valence-corrected chi connectivity index (χ0v) is 8.09. The zero-order valence-electron chi connectivity index (χ0n) is 8.09. The fraction of sp³-hybridized carbons (Fsp3) is 0.667. The summed E-state index contributed by atoms with van der Waals surface area (Å²) in [5.74, 6) is 2.74. The van der Waals surface area contributed by atoms with E-state index in [0.717, 1.165) is 17.8 Å². The van der Waals surface area contributed by atoms with Crippen molar-refractivity contribution >= 4 is 0 Å². The first-order chi connectivity index (χ1) is 5.79. The highest BCUT2D eigenvalue weighted by atomic mass is 14.4. The van der Waals surface area contributed by atoms with Crippen LogP contribution in [0.2, 0.25) is 0 Å². The topological polar surface area (TPSA) is 0 Å². The molecule has 0 aliphatic heterocycles. The van der Waals surface area contributed by atoms with E-state index in [1.807, 2.05) is 0 Å². The molecular formula is C12H18. The summed E-state index contributed by atoms with van der Waals surface area (Å²) in [7, 11) is 0. The van der Waals surface area contributed by atoms with Crippen LogP contribution in [0.25, 0.3) is 0 Å². The Kier molecular flexibility index (Phi) is 2.08. The summed E-state index contributed by atoms with van der Waals surface area (Å²) >= 11 is 0. The van der Waals surface area contributed by atoms with Gasteiger partial charge in [-0.1, -0.05) is 37.1 Å². The molecule has 3 unspecified atom stereocenters. The van der Waals surface area contributed by atoms with E-state index < -0.39 is 0 Å². The molecular weight excluding hydrogens is 144 g/mol. The molecule has 0 aromatic carbocycles. The standard InChI is InChI=1S/C12H18/c1-3-10-7-11-5-4-9(2)6-12(11)8-10/h4-6,10-12H,3,7-8H2,1-2H3. The Morgan fingerprint density at radius 3 is 2.83 bits per heavy atom. The van der Waals surface area contributed by atoms with Crippen LogP contribution >= 0.6 is 0 Å². The highest BCUT2D eigenvalue weighted by molar-refractivity contribution is 5.25. The van der Waals surface area contributed by atoms with Crippen LogP contribution in [-0.4, -0.2) is 0 Å². The minimum absolute atomic E-state index is 0.874. The second-order valence-electron chi connectivity index (χ2n) is 4.34. The Balaban J connectivity index is 2.09. The van der Waals surface area contributed by atoms with Gasteiger partial charge in [-0.2, -0.15) is 0 Å². The molecule has 66 valence electrons. The van der Waals surface area contributed by atoms with Crippen LogP contribution in [0.5, 0.6) is 0 Å². The van der Waals surface area contributed by atoms with Crippen LogP contribution in [0.1, 0.15) is 33.1 Å². The molecule has 2 aliphatic carbocycles. The third kappa shape index (κ3) is 1.35. The lowest BCUT2D eigenvalue weighted by molar-refractivity contribution is 0.513. The highest BCUT2D eigenvalue weighted by Crippen LogP contribution is 2.42. The summed E-state index contributed by atoms with van der Waals surface area (Å²) in [6.45, 7) is 4.54. The van der Waals surface area contributed by atoms with E-state index in [1.54, 1.807) is 0 Å². The fourth-order valence-corrected chi connectivity index (χ4v) is 2.63. The van der Waals surface area contributed by atoms with Crippen LogP contribution in [0, 0.1) is 17.8 Å². The minimum atomic E-state index is 0.874. The molecule has 0 radical (unpaired) electrons. The van der Waals surface area contributed by atoms with Crippen molar-refractivity contribution in [2.45, 2.75) is 33.1 Å². The fourth-order valence-electron chi connectivity index (χ4n) is 2.63.